The summed E-state index contributed by atoms with van der Waals surface area (Å²) in [7, 11) is 0. The van der Waals surface area contributed by atoms with E-state index in [0.29, 0.717) is 6.42 Å². The summed E-state index contributed by atoms with van der Waals surface area (Å²) >= 11 is 0. The Bertz CT molecular complexity index is 377. The molecule has 1 unspecified atom stereocenters. The highest BCUT2D eigenvalue weighted by molar-refractivity contribution is 5.85. The maximum atomic E-state index is 11.9. The van der Waals surface area contributed by atoms with Gasteiger partial charge in [-0.2, -0.15) is 0 Å². The van der Waals surface area contributed by atoms with Gasteiger partial charge in [-0.25, -0.2) is 4.79 Å². The van der Waals surface area contributed by atoms with Crippen LogP contribution in [0, 0.1) is 5.92 Å². The van der Waals surface area contributed by atoms with E-state index < -0.39 is 18.0 Å². The molecule has 106 valence electrons. The van der Waals surface area contributed by atoms with Gasteiger partial charge in [0.2, 0.25) is 5.91 Å². The number of carboxylic acid groups (broad SMARTS) is 2. The third-order valence-corrected chi connectivity index (χ3v) is 3.14. The summed E-state index contributed by atoms with van der Waals surface area (Å²) in [4.78, 5) is 33.3. The third-order valence-electron chi connectivity index (χ3n) is 3.14. The van der Waals surface area contributed by atoms with E-state index in [1.165, 1.54) is 0 Å². The highest BCUT2D eigenvalue weighted by Gasteiger charge is 2.25. The topological polar surface area (TPSA) is 104 Å². The van der Waals surface area contributed by atoms with E-state index in [9.17, 15) is 14.4 Å². The average Bonchev–Trinajstić information content (AvgIpc) is 2.37. The van der Waals surface area contributed by atoms with Crippen LogP contribution in [0.1, 0.15) is 38.5 Å². The molecule has 0 saturated carbocycles. The quantitative estimate of drug-likeness (QED) is 0.602. The Morgan fingerprint density at radius 3 is 2.53 bits per heavy atom. The predicted molar refractivity (Wildman–Crippen MR) is 67.5 cm³/mol. The maximum Gasteiger partial charge on any atom is 0.326 e. The second-order valence-electron chi connectivity index (χ2n) is 4.67. The first kappa shape index (κ1) is 15.2. The Morgan fingerprint density at radius 2 is 2.00 bits per heavy atom. The number of nitrogens with one attached hydrogen (secondary N) is 1. The van der Waals surface area contributed by atoms with Crippen LogP contribution in [0.25, 0.3) is 0 Å². The van der Waals surface area contributed by atoms with Gasteiger partial charge in [0.1, 0.15) is 6.04 Å². The van der Waals surface area contributed by atoms with Gasteiger partial charge in [0.25, 0.3) is 0 Å². The van der Waals surface area contributed by atoms with Crippen LogP contribution < -0.4 is 5.32 Å². The van der Waals surface area contributed by atoms with Crippen LogP contribution in [-0.4, -0.2) is 34.1 Å². The van der Waals surface area contributed by atoms with E-state index in [1.54, 1.807) is 0 Å². The first-order chi connectivity index (χ1) is 9.00. The minimum atomic E-state index is -1.12. The lowest BCUT2D eigenvalue weighted by molar-refractivity contribution is -0.143. The number of amides is 1. The van der Waals surface area contributed by atoms with Gasteiger partial charge in [-0.1, -0.05) is 12.2 Å². The zero-order valence-corrected chi connectivity index (χ0v) is 10.7. The molecule has 0 radical (unpaired) electrons. The number of hydrogen-bond donors (Lipinski definition) is 3. The molecule has 0 aromatic rings. The molecule has 0 spiro atoms. The van der Waals surface area contributed by atoms with Crippen molar-refractivity contribution in [3.8, 4) is 0 Å². The highest BCUT2D eigenvalue weighted by atomic mass is 16.4. The lowest BCUT2D eigenvalue weighted by Gasteiger charge is -2.20. The van der Waals surface area contributed by atoms with E-state index in [-0.39, 0.29) is 31.1 Å². The highest BCUT2D eigenvalue weighted by Crippen LogP contribution is 2.18. The SMILES string of the molecule is O=C(O)CCC[C@@H](NC(=O)C1CC=CCC1)C(=O)O. The van der Waals surface area contributed by atoms with Crippen molar-refractivity contribution < 1.29 is 24.6 Å². The minimum Gasteiger partial charge on any atom is -0.481 e. The van der Waals surface area contributed by atoms with Gasteiger partial charge in [0.15, 0.2) is 0 Å². The fraction of sp³-hybridized carbons (Fsp3) is 0.615. The summed E-state index contributed by atoms with van der Waals surface area (Å²) in [6, 6.07) is -1.00. The van der Waals surface area contributed by atoms with Crippen LogP contribution in [0.5, 0.6) is 0 Å². The van der Waals surface area contributed by atoms with E-state index in [0.717, 1.165) is 12.8 Å². The van der Waals surface area contributed by atoms with E-state index >= 15 is 0 Å². The summed E-state index contributed by atoms with van der Waals surface area (Å²) < 4.78 is 0. The van der Waals surface area contributed by atoms with Crippen molar-refractivity contribution in [3.63, 3.8) is 0 Å². The number of allylic oxidation sites excluding steroid dienone is 2. The molecule has 0 saturated heterocycles. The molecule has 0 aromatic heterocycles. The van der Waals surface area contributed by atoms with Gasteiger partial charge in [-0.3, -0.25) is 9.59 Å². The van der Waals surface area contributed by atoms with Crippen LogP contribution in [-0.2, 0) is 14.4 Å². The fourth-order valence-electron chi connectivity index (χ4n) is 2.04. The molecule has 0 aromatic carbocycles. The number of rotatable bonds is 7. The standard InChI is InChI=1S/C13H19NO5/c15-11(16)8-4-7-10(13(18)19)14-12(17)9-5-2-1-3-6-9/h1-2,9-10H,3-8H2,(H,14,17)(H,15,16)(H,18,19)/t9?,10-/m1/s1. The van der Waals surface area contributed by atoms with Gasteiger partial charge in [-0.15, -0.1) is 0 Å². The predicted octanol–water partition coefficient (Wildman–Crippen LogP) is 1.17. The molecule has 0 fully saturated rings. The van der Waals surface area contributed by atoms with Crippen LogP contribution in [0.4, 0.5) is 0 Å². The summed E-state index contributed by atoms with van der Waals surface area (Å²) in [6.45, 7) is 0. The lowest BCUT2D eigenvalue weighted by Crippen LogP contribution is -2.43. The molecule has 0 bridgehead atoms. The van der Waals surface area contributed by atoms with Crippen molar-refractivity contribution in [3.05, 3.63) is 12.2 Å². The smallest absolute Gasteiger partial charge is 0.326 e. The Hall–Kier alpha value is -1.85. The molecule has 1 aliphatic rings. The van der Waals surface area contributed by atoms with Gasteiger partial charge < -0.3 is 15.5 Å². The van der Waals surface area contributed by atoms with Crippen molar-refractivity contribution >= 4 is 17.8 Å². The summed E-state index contributed by atoms with van der Waals surface area (Å²) in [5.41, 5.74) is 0. The second-order valence-corrected chi connectivity index (χ2v) is 4.67. The molecule has 0 aliphatic heterocycles. The molecule has 2 atom stereocenters. The zero-order valence-electron chi connectivity index (χ0n) is 10.7. The van der Waals surface area contributed by atoms with Crippen LogP contribution in [0.2, 0.25) is 0 Å². The fourth-order valence-corrected chi connectivity index (χ4v) is 2.04. The molecule has 3 N–H and O–H groups in total. The first-order valence-corrected chi connectivity index (χ1v) is 6.40. The summed E-state index contributed by atoms with van der Waals surface area (Å²) in [5.74, 6) is -2.52. The Morgan fingerprint density at radius 1 is 1.26 bits per heavy atom. The zero-order chi connectivity index (χ0) is 14.3. The Labute approximate surface area is 111 Å². The first-order valence-electron chi connectivity index (χ1n) is 6.40. The molecule has 19 heavy (non-hydrogen) atoms. The number of carboxylic acids is 2. The molecular weight excluding hydrogens is 250 g/mol. The molecule has 1 rings (SSSR count). The van der Waals surface area contributed by atoms with Crippen LogP contribution >= 0.6 is 0 Å². The number of hydrogen-bond acceptors (Lipinski definition) is 3. The molecular formula is C13H19NO5. The van der Waals surface area contributed by atoms with Gasteiger partial charge in [-0.05, 0) is 32.1 Å². The normalized spacial score (nSPS) is 19.7. The average molecular weight is 269 g/mol. The van der Waals surface area contributed by atoms with Crippen molar-refractivity contribution in [1.82, 2.24) is 5.32 Å². The monoisotopic (exact) mass is 269 g/mol. The third kappa shape index (κ3) is 5.54. The van der Waals surface area contributed by atoms with Gasteiger partial charge >= 0.3 is 11.9 Å². The maximum absolute atomic E-state index is 11.9. The number of carbonyl (C=O) groups excluding carboxylic acids is 1. The van der Waals surface area contributed by atoms with E-state index in [1.807, 2.05) is 12.2 Å². The summed E-state index contributed by atoms with van der Waals surface area (Å²) in [5, 5.41) is 20.0. The van der Waals surface area contributed by atoms with Crippen molar-refractivity contribution in [2.45, 2.75) is 44.6 Å². The Balaban J connectivity index is 2.43. The molecule has 6 nitrogen and oxygen atoms in total. The summed E-state index contributed by atoms with van der Waals surface area (Å²) in [6.07, 6.45) is 6.39. The lowest BCUT2D eigenvalue weighted by atomic mass is 9.93. The largest absolute Gasteiger partial charge is 0.481 e. The molecule has 6 heteroatoms. The minimum absolute atomic E-state index is 0.0915. The Kier molecular flexibility index (Phi) is 6.05. The molecule has 1 amide bonds. The van der Waals surface area contributed by atoms with Crippen LogP contribution in [0.3, 0.4) is 0 Å². The van der Waals surface area contributed by atoms with E-state index in [4.69, 9.17) is 10.2 Å². The number of carbonyl (C=O) groups is 3. The van der Waals surface area contributed by atoms with Gasteiger partial charge in [0.05, 0.1) is 0 Å². The molecule has 1 aliphatic carbocycles. The van der Waals surface area contributed by atoms with Gasteiger partial charge in [0, 0.05) is 12.3 Å². The van der Waals surface area contributed by atoms with Crippen LogP contribution in [0.15, 0.2) is 12.2 Å². The molecule has 0 heterocycles. The van der Waals surface area contributed by atoms with Crippen molar-refractivity contribution in [2.75, 3.05) is 0 Å². The van der Waals surface area contributed by atoms with Crippen molar-refractivity contribution in [1.29, 1.82) is 0 Å². The number of aliphatic carboxylic acids is 2. The second kappa shape index (κ2) is 7.56. The van der Waals surface area contributed by atoms with E-state index in [2.05, 4.69) is 5.32 Å². The van der Waals surface area contributed by atoms with Crippen molar-refractivity contribution in [2.24, 2.45) is 5.92 Å².